The molecular weight excluding hydrogens is 216 g/mol. The summed E-state index contributed by atoms with van der Waals surface area (Å²) < 4.78 is 0. The Hall–Kier alpha value is -1.66. The highest BCUT2D eigenvalue weighted by Crippen LogP contribution is 2.23. The number of carboxylic acid groups (broad SMARTS) is 2. The minimum absolute atomic E-state index is 0.0378. The Bertz CT molecular complexity index is 300. The normalized spacial score (nSPS) is 12.4. The quantitative estimate of drug-likeness (QED) is 0.443. The number of aliphatic carboxylic acids is 2. The van der Waals surface area contributed by atoms with Gasteiger partial charge in [0.1, 0.15) is 0 Å². The molecule has 90 valence electrons. The van der Waals surface area contributed by atoms with Crippen LogP contribution in [0, 0.1) is 5.41 Å². The first kappa shape index (κ1) is 14.3. The van der Waals surface area contributed by atoms with Crippen molar-refractivity contribution in [1.82, 2.24) is 0 Å². The third-order valence-electron chi connectivity index (χ3n) is 1.99. The van der Waals surface area contributed by atoms with Gasteiger partial charge in [0.2, 0.25) is 0 Å². The lowest BCUT2D eigenvalue weighted by atomic mass is 9.85. The number of hydrogen-bond acceptors (Lipinski definition) is 4. The van der Waals surface area contributed by atoms with Crippen LogP contribution in [0.15, 0.2) is 24.3 Å². The van der Waals surface area contributed by atoms with E-state index in [0.29, 0.717) is 0 Å². The first-order valence-corrected chi connectivity index (χ1v) is 4.49. The van der Waals surface area contributed by atoms with Crippen LogP contribution in [-0.4, -0.2) is 45.6 Å². The largest absolute Gasteiger partial charge is 0.478 e. The van der Waals surface area contributed by atoms with Gasteiger partial charge >= 0.3 is 11.9 Å². The Kier molecular flexibility index (Phi) is 6.06. The van der Waals surface area contributed by atoms with Gasteiger partial charge in [-0.3, -0.25) is 0 Å². The molecule has 6 heteroatoms. The van der Waals surface area contributed by atoms with Crippen LogP contribution in [0.3, 0.4) is 0 Å². The summed E-state index contributed by atoms with van der Waals surface area (Å²) >= 11 is 0. The van der Waals surface area contributed by atoms with Gasteiger partial charge in [-0.2, -0.15) is 0 Å². The molecule has 0 aromatic heterocycles. The molecule has 0 saturated heterocycles. The summed E-state index contributed by atoms with van der Waals surface area (Å²) in [6, 6.07) is 0. The maximum Gasteiger partial charge on any atom is 0.328 e. The zero-order valence-electron chi connectivity index (χ0n) is 8.54. The summed E-state index contributed by atoms with van der Waals surface area (Å²) in [4.78, 5) is 20.5. The lowest BCUT2D eigenvalue weighted by Gasteiger charge is -2.23. The number of rotatable bonds is 7. The van der Waals surface area contributed by atoms with Gasteiger partial charge in [-0.1, -0.05) is 12.2 Å². The van der Waals surface area contributed by atoms with E-state index >= 15 is 0 Å². The lowest BCUT2D eigenvalue weighted by Crippen LogP contribution is -2.27. The maximum absolute atomic E-state index is 10.3. The van der Waals surface area contributed by atoms with Crippen LogP contribution >= 0.6 is 0 Å². The highest BCUT2D eigenvalue weighted by molar-refractivity contribution is 5.80. The van der Waals surface area contributed by atoms with Crippen molar-refractivity contribution < 1.29 is 30.0 Å². The topological polar surface area (TPSA) is 115 Å². The van der Waals surface area contributed by atoms with Crippen molar-refractivity contribution in [1.29, 1.82) is 0 Å². The number of carbonyl (C=O) groups is 2. The zero-order chi connectivity index (χ0) is 12.6. The molecule has 6 nitrogen and oxygen atoms in total. The molecule has 0 radical (unpaired) electrons. The van der Waals surface area contributed by atoms with Gasteiger partial charge in [-0.15, -0.1) is 0 Å². The molecule has 0 aromatic carbocycles. The fraction of sp³-hybridized carbons (Fsp3) is 0.400. The number of aliphatic hydroxyl groups excluding tert-OH is 2. The van der Waals surface area contributed by atoms with Crippen molar-refractivity contribution in [2.75, 3.05) is 13.2 Å². The Balaban J connectivity index is 4.68. The van der Waals surface area contributed by atoms with E-state index in [1.807, 2.05) is 0 Å². The lowest BCUT2D eigenvalue weighted by molar-refractivity contribution is -0.132. The molecular formula is C10H14O6. The first-order chi connectivity index (χ1) is 7.45. The number of aliphatic hydroxyl groups is 2. The predicted octanol–water partition coefficient (Wildman–Crippen LogP) is -0.371. The van der Waals surface area contributed by atoms with Crippen LogP contribution < -0.4 is 0 Å². The molecule has 0 saturated carbocycles. The van der Waals surface area contributed by atoms with Gasteiger partial charge < -0.3 is 20.4 Å². The summed E-state index contributed by atoms with van der Waals surface area (Å²) in [7, 11) is 0. The van der Waals surface area contributed by atoms with Gasteiger partial charge in [0.15, 0.2) is 0 Å². The van der Waals surface area contributed by atoms with Crippen LogP contribution in [0.1, 0.15) is 6.42 Å². The predicted molar refractivity (Wildman–Crippen MR) is 54.8 cm³/mol. The van der Waals surface area contributed by atoms with Gasteiger partial charge in [0, 0.05) is 17.6 Å². The zero-order valence-corrected chi connectivity index (χ0v) is 8.54. The van der Waals surface area contributed by atoms with Crippen molar-refractivity contribution in [2.45, 2.75) is 6.42 Å². The van der Waals surface area contributed by atoms with Crippen LogP contribution in [0.4, 0.5) is 0 Å². The van der Waals surface area contributed by atoms with Crippen molar-refractivity contribution in [3.05, 3.63) is 24.3 Å². The minimum Gasteiger partial charge on any atom is -0.478 e. The van der Waals surface area contributed by atoms with Crippen molar-refractivity contribution in [3.63, 3.8) is 0 Å². The Morgan fingerprint density at radius 2 is 1.50 bits per heavy atom. The van der Waals surface area contributed by atoms with Crippen LogP contribution in [0.25, 0.3) is 0 Å². The summed E-state index contributed by atoms with van der Waals surface area (Å²) in [5.41, 5.74) is -1.15. The van der Waals surface area contributed by atoms with Crippen molar-refractivity contribution in [2.24, 2.45) is 5.41 Å². The minimum atomic E-state index is -1.20. The molecule has 0 aromatic rings. The summed E-state index contributed by atoms with van der Waals surface area (Å²) in [6.45, 7) is -0.950. The standard InChI is InChI=1S/C10H14O6/c11-6-10(7-12,5-3-9(15)16)4-1-2-8(13)14/h1-3,5,11-12H,4,6-7H2,(H,13,14)(H,15,16). The monoisotopic (exact) mass is 230 g/mol. The van der Waals surface area contributed by atoms with E-state index in [9.17, 15) is 9.59 Å². The summed E-state index contributed by atoms with van der Waals surface area (Å²) in [5, 5.41) is 34.9. The Morgan fingerprint density at radius 1 is 1.00 bits per heavy atom. The molecule has 0 heterocycles. The fourth-order valence-electron chi connectivity index (χ4n) is 0.995. The van der Waals surface area contributed by atoms with Crippen LogP contribution in [-0.2, 0) is 9.59 Å². The molecule has 0 unspecified atom stereocenters. The molecule has 0 aliphatic rings. The van der Waals surface area contributed by atoms with Gasteiger partial charge in [-0.05, 0) is 6.42 Å². The van der Waals surface area contributed by atoms with E-state index in [0.717, 1.165) is 18.2 Å². The van der Waals surface area contributed by atoms with Gasteiger partial charge in [-0.25, -0.2) is 9.59 Å². The van der Waals surface area contributed by atoms with Gasteiger partial charge in [0.05, 0.1) is 13.2 Å². The van der Waals surface area contributed by atoms with E-state index in [-0.39, 0.29) is 6.42 Å². The average molecular weight is 230 g/mol. The molecule has 0 bridgehead atoms. The van der Waals surface area contributed by atoms with E-state index in [1.54, 1.807) is 0 Å². The second-order valence-corrected chi connectivity index (χ2v) is 3.29. The second kappa shape index (κ2) is 6.76. The van der Waals surface area contributed by atoms with Crippen LogP contribution in [0.5, 0.6) is 0 Å². The molecule has 0 atom stereocenters. The molecule has 0 aliphatic heterocycles. The summed E-state index contributed by atoms with van der Waals surface area (Å²) in [6.07, 6.45) is 4.12. The van der Waals surface area contributed by atoms with Crippen molar-refractivity contribution in [3.8, 4) is 0 Å². The highest BCUT2D eigenvalue weighted by atomic mass is 16.4. The third-order valence-corrected chi connectivity index (χ3v) is 1.99. The van der Waals surface area contributed by atoms with Crippen LogP contribution in [0.2, 0.25) is 0 Å². The molecule has 0 amide bonds. The van der Waals surface area contributed by atoms with Gasteiger partial charge in [0.25, 0.3) is 0 Å². The fourth-order valence-corrected chi connectivity index (χ4v) is 0.995. The smallest absolute Gasteiger partial charge is 0.328 e. The third kappa shape index (κ3) is 5.28. The molecule has 4 N–H and O–H groups in total. The average Bonchev–Trinajstić information content (AvgIpc) is 2.23. The summed E-state index contributed by atoms with van der Waals surface area (Å²) in [5.74, 6) is -2.35. The van der Waals surface area contributed by atoms with E-state index < -0.39 is 30.6 Å². The number of hydrogen-bond donors (Lipinski definition) is 4. The van der Waals surface area contributed by atoms with E-state index in [1.165, 1.54) is 6.08 Å². The molecule has 0 fully saturated rings. The van der Waals surface area contributed by atoms with E-state index in [4.69, 9.17) is 20.4 Å². The molecule has 16 heavy (non-hydrogen) atoms. The number of allylic oxidation sites excluding steroid dienone is 1. The molecule has 0 aliphatic carbocycles. The number of carboxylic acids is 2. The molecule has 0 spiro atoms. The Morgan fingerprint density at radius 3 is 1.88 bits per heavy atom. The van der Waals surface area contributed by atoms with E-state index in [2.05, 4.69) is 0 Å². The second-order valence-electron chi connectivity index (χ2n) is 3.29. The van der Waals surface area contributed by atoms with Crippen molar-refractivity contribution >= 4 is 11.9 Å². The molecule has 0 rings (SSSR count). The highest BCUT2D eigenvalue weighted by Gasteiger charge is 2.24. The Labute approximate surface area is 92.1 Å². The maximum atomic E-state index is 10.3. The first-order valence-electron chi connectivity index (χ1n) is 4.49. The SMILES string of the molecule is O=C(O)C=CCC(C=CC(=O)O)(CO)CO.